The molecule has 0 spiro atoms. The third-order valence-electron chi connectivity index (χ3n) is 5.17. The van der Waals surface area contributed by atoms with Crippen LogP contribution in [-0.4, -0.2) is 88.3 Å². The van der Waals surface area contributed by atoms with Crippen LogP contribution in [0.2, 0.25) is 0 Å². The van der Waals surface area contributed by atoms with Crippen LogP contribution >= 0.6 is 0 Å². The van der Waals surface area contributed by atoms with Crippen LogP contribution in [0.4, 0.5) is 0 Å². The zero-order valence-electron chi connectivity index (χ0n) is 19.9. The molecule has 0 saturated carbocycles. The molecule has 200 valence electrons. The molecule has 15 heteroatoms. The minimum absolute atomic E-state index is 0.0193. The first-order chi connectivity index (χ1) is 16.3. The van der Waals surface area contributed by atoms with E-state index in [1.165, 1.54) is 0 Å². The van der Waals surface area contributed by atoms with Crippen LogP contribution in [0.3, 0.4) is 0 Å². The van der Waals surface area contributed by atoms with Gasteiger partial charge in [0.15, 0.2) is 5.96 Å². The number of aliphatic carboxylic acids is 2. The van der Waals surface area contributed by atoms with Crippen molar-refractivity contribution in [3.8, 4) is 0 Å². The molecule has 0 aromatic rings. The number of aliphatic imine (C=N–C) groups is 1. The quantitative estimate of drug-likeness (QED) is 0.0541. The van der Waals surface area contributed by atoms with Crippen molar-refractivity contribution >= 4 is 35.6 Å². The van der Waals surface area contributed by atoms with E-state index in [9.17, 15) is 29.1 Å². The van der Waals surface area contributed by atoms with Gasteiger partial charge in [0.1, 0.15) is 18.1 Å². The van der Waals surface area contributed by atoms with Gasteiger partial charge in [-0.2, -0.15) is 0 Å². The fourth-order valence-corrected chi connectivity index (χ4v) is 2.86. The van der Waals surface area contributed by atoms with Gasteiger partial charge in [0.2, 0.25) is 17.7 Å². The molecule has 15 nitrogen and oxygen atoms in total. The molecule has 0 aliphatic rings. The van der Waals surface area contributed by atoms with Gasteiger partial charge in [-0.3, -0.25) is 24.2 Å². The van der Waals surface area contributed by atoms with Gasteiger partial charge in [-0.05, 0) is 25.2 Å². The second kappa shape index (κ2) is 16.2. The molecule has 0 aliphatic carbocycles. The summed E-state index contributed by atoms with van der Waals surface area (Å²) in [7, 11) is 0. The predicted molar refractivity (Wildman–Crippen MR) is 125 cm³/mol. The van der Waals surface area contributed by atoms with Crippen LogP contribution in [-0.2, 0) is 24.0 Å². The third-order valence-corrected chi connectivity index (χ3v) is 5.17. The summed E-state index contributed by atoms with van der Waals surface area (Å²) >= 11 is 0. The fourth-order valence-electron chi connectivity index (χ4n) is 2.86. The number of rotatable bonds is 17. The van der Waals surface area contributed by atoms with Crippen LogP contribution in [0.25, 0.3) is 0 Å². The molecule has 0 saturated heterocycles. The SMILES string of the molecule is CCC(C)C(NC(=O)C(N)CCC(=O)O)C(=O)NC(CCCN=C(N)N)C(=O)NC(CO)C(=O)O. The summed E-state index contributed by atoms with van der Waals surface area (Å²) in [6, 6.07) is -5.08. The predicted octanol–water partition coefficient (Wildman–Crippen LogP) is -3.19. The van der Waals surface area contributed by atoms with E-state index in [1.807, 2.05) is 0 Å². The van der Waals surface area contributed by atoms with E-state index in [2.05, 4.69) is 20.9 Å². The van der Waals surface area contributed by atoms with E-state index < -0.39 is 60.4 Å². The van der Waals surface area contributed by atoms with Crippen LogP contribution in [0, 0.1) is 5.92 Å². The first-order valence-corrected chi connectivity index (χ1v) is 11.1. The number of nitrogens with two attached hydrogens (primary N) is 3. The second-order valence-electron chi connectivity index (χ2n) is 8.00. The van der Waals surface area contributed by atoms with E-state index in [4.69, 9.17) is 27.4 Å². The molecule has 0 aliphatic heterocycles. The molecule has 12 N–H and O–H groups in total. The van der Waals surface area contributed by atoms with Gasteiger partial charge in [-0.1, -0.05) is 20.3 Å². The normalized spacial score (nSPS) is 15.0. The maximum absolute atomic E-state index is 13.0. The van der Waals surface area contributed by atoms with E-state index >= 15 is 0 Å². The molecular weight excluding hydrogens is 466 g/mol. The Labute approximate surface area is 202 Å². The lowest BCUT2D eigenvalue weighted by Crippen LogP contribution is -2.59. The Kier molecular flexibility index (Phi) is 14.6. The third kappa shape index (κ3) is 12.5. The maximum Gasteiger partial charge on any atom is 0.328 e. The minimum Gasteiger partial charge on any atom is -0.481 e. The number of nitrogens with zero attached hydrogens (tertiary/aromatic N) is 1. The zero-order chi connectivity index (χ0) is 27.1. The first kappa shape index (κ1) is 31.5. The molecule has 0 rings (SSSR count). The molecule has 0 bridgehead atoms. The fraction of sp³-hybridized carbons (Fsp3) is 0.700. The Hall–Kier alpha value is -3.46. The summed E-state index contributed by atoms with van der Waals surface area (Å²) in [5, 5.41) is 34.2. The van der Waals surface area contributed by atoms with Crippen molar-refractivity contribution in [1.82, 2.24) is 16.0 Å². The van der Waals surface area contributed by atoms with E-state index in [0.29, 0.717) is 6.42 Å². The number of hydrogen-bond donors (Lipinski definition) is 9. The van der Waals surface area contributed by atoms with Crippen LogP contribution in [0.15, 0.2) is 4.99 Å². The van der Waals surface area contributed by atoms with Gasteiger partial charge in [-0.25, -0.2) is 4.79 Å². The van der Waals surface area contributed by atoms with Crippen molar-refractivity contribution in [2.75, 3.05) is 13.2 Å². The number of hydrogen-bond acceptors (Lipinski definition) is 8. The Balaban J connectivity index is 5.55. The van der Waals surface area contributed by atoms with Gasteiger partial charge in [0, 0.05) is 13.0 Å². The number of carbonyl (C=O) groups excluding carboxylic acids is 3. The van der Waals surface area contributed by atoms with Gasteiger partial charge in [0.05, 0.1) is 12.6 Å². The van der Waals surface area contributed by atoms with Crippen molar-refractivity contribution < 1.29 is 39.3 Å². The molecule has 5 unspecified atom stereocenters. The highest BCUT2D eigenvalue weighted by molar-refractivity contribution is 5.94. The summed E-state index contributed by atoms with van der Waals surface area (Å²) in [5.41, 5.74) is 16.3. The number of amides is 3. The Morgan fingerprint density at radius 3 is 2.00 bits per heavy atom. The van der Waals surface area contributed by atoms with E-state index in [-0.39, 0.29) is 44.1 Å². The van der Waals surface area contributed by atoms with E-state index in [0.717, 1.165) is 0 Å². The lowest BCUT2D eigenvalue weighted by molar-refractivity contribution is -0.143. The van der Waals surface area contributed by atoms with Crippen LogP contribution in [0.1, 0.15) is 46.0 Å². The summed E-state index contributed by atoms with van der Waals surface area (Å²) in [6.45, 7) is 2.73. The number of carboxylic acid groups (broad SMARTS) is 2. The number of aliphatic hydroxyl groups excluding tert-OH is 1. The number of carboxylic acids is 2. The largest absolute Gasteiger partial charge is 0.481 e. The topological polar surface area (TPSA) is 273 Å². The molecule has 3 amide bonds. The summed E-state index contributed by atoms with van der Waals surface area (Å²) < 4.78 is 0. The van der Waals surface area contributed by atoms with Gasteiger partial charge < -0.3 is 48.5 Å². The van der Waals surface area contributed by atoms with Crippen molar-refractivity contribution in [3.63, 3.8) is 0 Å². The molecule has 35 heavy (non-hydrogen) atoms. The summed E-state index contributed by atoms with van der Waals surface area (Å²) in [5.74, 6) is -5.46. The highest BCUT2D eigenvalue weighted by Gasteiger charge is 2.32. The molecule has 5 atom stereocenters. The highest BCUT2D eigenvalue weighted by atomic mass is 16.4. The summed E-state index contributed by atoms with van der Waals surface area (Å²) in [4.78, 5) is 63.8. The molecule has 0 radical (unpaired) electrons. The zero-order valence-corrected chi connectivity index (χ0v) is 19.9. The number of guanidine groups is 1. The lowest BCUT2D eigenvalue weighted by Gasteiger charge is -2.27. The lowest BCUT2D eigenvalue weighted by atomic mass is 9.97. The van der Waals surface area contributed by atoms with Crippen molar-refractivity contribution in [3.05, 3.63) is 0 Å². The smallest absolute Gasteiger partial charge is 0.328 e. The van der Waals surface area contributed by atoms with Crippen molar-refractivity contribution in [1.29, 1.82) is 0 Å². The maximum atomic E-state index is 13.0. The van der Waals surface area contributed by atoms with Crippen LogP contribution < -0.4 is 33.2 Å². The highest BCUT2D eigenvalue weighted by Crippen LogP contribution is 2.10. The molecule has 0 heterocycles. The number of nitrogens with one attached hydrogen (secondary N) is 3. The standard InChI is InChI=1S/C20H37N7O8/c1-3-10(2)15(27-16(31)11(21)6-7-14(29)30)18(33)25-12(5-4-8-24-20(22)23)17(32)26-13(9-28)19(34)35/h10-13,15,28H,3-9,21H2,1-2H3,(H,25,33)(H,26,32)(H,27,31)(H,29,30)(H,34,35)(H4,22,23,24). The van der Waals surface area contributed by atoms with Crippen molar-refractivity contribution in [2.45, 2.75) is 70.1 Å². The van der Waals surface area contributed by atoms with Crippen LogP contribution in [0.5, 0.6) is 0 Å². The van der Waals surface area contributed by atoms with E-state index in [1.54, 1.807) is 13.8 Å². The molecule has 0 aromatic heterocycles. The van der Waals surface area contributed by atoms with Gasteiger partial charge >= 0.3 is 11.9 Å². The molecule has 0 aromatic carbocycles. The number of aliphatic hydroxyl groups is 1. The second-order valence-corrected chi connectivity index (χ2v) is 8.00. The van der Waals surface area contributed by atoms with Gasteiger partial charge in [-0.15, -0.1) is 0 Å². The Bertz CT molecular complexity index is 773. The average molecular weight is 504 g/mol. The molecule has 0 fully saturated rings. The molecular formula is C20H37N7O8. The Morgan fingerprint density at radius 2 is 1.51 bits per heavy atom. The minimum atomic E-state index is -1.59. The summed E-state index contributed by atoms with van der Waals surface area (Å²) in [6.07, 6.45) is 0.265. The monoisotopic (exact) mass is 503 g/mol. The average Bonchev–Trinajstić information content (AvgIpc) is 2.79. The van der Waals surface area contributed by atoms with Crippen molar-refractivity contribution in [2.24, 2.45) is 28.1 Å². The first-order valence-electron chi connectivity index (χ1n) is 11.1. The Morgan fingerprint density at radius 1 is 0.914 bits per heavy atom. The number of carbonyl (C=O) groups is 5. The van der Waals surface area contributed by atoms with Gasteiger partial charge in [0.25, 0.3) is 0 Å².